The first-order chi connectivity index (χ1) is 8.76. The molecular weight excluding hydrogens is 248 g/mol. The van der Waals surface area contributed by atoms with Crippen LogP contribution in [0.2, 0.25) is 5.02 Å². The van der Waals surface area contributed by atoms with Crippen LogP contribution in [0.4, 0.5) is 5.69 Å². The number of nitrogens with one attached hydrogen (secondary N) is 1. The molecule has 0 fully saturated rings. The summed E-state index contributed by atoms with van der Waals surface area (Å²) in [5, 5.41) is 18.6. The zero-order chi connectivity index (χ0) is 13.0. The summed E-state index contributed by atoms with van der Waals surface area (Å²) in [6, 6.07) is 16.7. The van der Waals surface area contributed by atoms with Gasteiger partial charge in [0.25, 0.3) is 0 Å². The van der Waals surface area contributed by atoms with E-state index in [1.165, 1.54) is 0 Å². The zero-order valence-electron chi connectivity index (χ0n) is 9.47. The minimum absolute atomic E-state index is 0.411. The largest absolute Gasteiger partial charge is 0.291 e. The Bertz CT molecular complexity index is 578. The molecule has 0 aliphatic carbocycles. The second-order valence-corrected chi connectivity index (χ2v) is 4.23. The number of nitriles is 1. The van der Waals surface area contributed by atoms with E-state index in [4.69, 9.17) is 16.8 Å². The maximum absolute atomic E-state index is 9.31. The minimum atomic E-state index is -0.411. The van der Waals surface area contributed by atoms with Gasteiger partial charge in [-0.1, -0.05) is 48.0 Å². The molecule has 0 aliphatic rings. The van der Waals surface area contributed by atoms with E-state index >= 15 is 0 Å². The zero-order valence-corrected chi connectivity index (χ0v) is 10.2. The highest BCUT2D eigenvalue weighted by atomic mass is 35.5. The Morgan fingerprint density at radius 1 is 1.17 bits per heavy atom. The normalized spacial score (nSPS) is 11.6. The lowest BCUT2D eigenvalue weighted by Gasteiger charge is -2.12. The molecule has 0 bridgehead atoms. The molecule has 0 spiro atoms. The molecule has 2 rings (SSSR count). The number of halogens is 1. The second kappa shape index (κ2) is 5.54. The third kappa shape index (κ3) is 2.45. The molecule has 0 radical (unpaired) electrons. The van der Waals surface area contributed by atoms with Gasteiger partial charge in [0.15, 0.2) is 0 Å². The van der Waals surface area contributed by atoms with Crippen LogP contribution in [0, 0.1) is 11.3 Å². The smallest absolute Gasteiger partial charge is 0.0977 e. The van der Waals surface area contributed by atoms with Crippen LogP contribution in [0.5, 0.6) is 0 Å². The Morgan fingerprint density at radius 2 is 1.89 bits per heavy atom. The quantitative estimate of drug-likeness (QED) is 0.824. The number of hydrogen-bond acceptors (Lipinski definition) is 3. The first-order valence-electron chi connectivity index (χ1n) is 5.40. The van der Waals surface area contributed by atoms with Crippen LogP contribution in [-0.2, 0) is 0 Å². The van der Waals surface area contributed by atoms with Crippen LogP contribution < -0.4 is 5.48 Å². The van der Waals surface area contributed by atoms with Crippen molar-refractivity contribution in [1.82, 2.24) is 0 Å². The average molecular weight is 259 g/mol. The van der Waals surface area contributed by atoms with Gasteiger partial charge in [-0.2, -0.15) is 5.26 Å². The molecule has 2 aromatic rings. The number of anilines is 1. The molecule has 0 aliphatic heterocycles. The lowest BCUT2D eigenvalue weighted by Crippen LogP contribution is -2.00. The summed E-state index contributed by atoms with van der Waals surface area (Å²) in [5.74, 6) is -0.411. The van der Waals surface area contributed by atoms with E-state index in [0.717, 1.165) is 11.1 Å². The van der Waals surface area contributed by atoms with Crippen molar-refractivity contribution >= 4 is 17.3 Å². The lowest BCUT2D eigenvalue weighted by atomic mass is 9.92. The van der Waals surface area contributed by atoms with Crippen LogP contribution >= 0.6 is 11.6 Å². The van der Waals surface area contributed by atoms with Crippen LogP contribution in [-0.4, -0.2) is 5.21 Å². The Balaban J connectivity index is 2.44. The molecule has 90 valence electrons. The van der Waals surface area contributed by atoms with E-state index < -0.39 is 5.92 Å². The third-order valence-corrected chi connectivity index (χ3v) is 3.03. The molecule has 18 heavy (non-hydrogen) atoms. The molecule has 1 unspecified atom stereocenters. The Hall–Kier alpha value is -2.02. The monoisotopic (exact) mass is 258 g/mol. The predicted molar refractivity (Wildman–Crippen MR) is 70.8 cm³/mol. The third-order valence-electron chi connectivity index (χ3n) is 2.70. The summed E-state index contributed by atoms with van der Waals surface area (Å²) in [6.45, 7) is 0. The SMILES string of the molecule is N#CC(c1ccccc1)c1ccc(NO)cc1Cl. The van der Waals surface area contributed by atoms with Crippen molar-refractivity contribution in [3.05, 3.63) is 64.7 Å². The van der Waals surface area contributed by atoms with E-state index in [1.54, 1.807) is 18.2 Å². The van der Waals surface area contributed by atoms with Crippen molar-refractivity contribution in [3.63, 3.8) is 0 Å². The highest BCUT2D eigenvalue weighted by Gasteiger charge is 2.16. The van der Waals surface area contributed by atoms with Gasteiger partial charge in [-0.3, -0.25) is 10.7 Å². The molecule has 0 amide bonds. The first-order valence-corrected chi connectivity index (χ1v) is 5.78. The van der Waals surface area contributed by atoms with Crippen molar-refractivity contribution < 1.29 is 5.21 Å². The maximum atomic E-state index is 9.31. The van der Waals surface area contributed by atoms with Crippen LogP contribution in [0.3, 0.4) is 0 Å². The van der Waals surface area contributed by atoms with Crippen LogP contribution in [0.25, 0.3) is 0 Å². The van der Waals surface area contributed by atoms with Gasteiger partial charge in [-0.05, 0) is 23.3 Å². The van der Waals surface area contributed by atoms with Gasteiger partial charge in [0, 0.05) is 5.02 Å². The van der Waals surface area contributed by atoms with E-state index in [-0.39, 0.29) is 0 Å². The first kappa shape index (κ1) is 12.4. The standard InChI is InChI=1S/C14H11ClN2O/c15-14-8-11(17-18)6-7-12(14)13(9-16)10-4-2-1-3-5-10/h1-8,13,17-18H. The van der Waals surface area contributed by atoms with Gasteiger partial charge >= 0.3 is 0 Å². The van der Waals surface area contributed by atoms with E-state index in [2.05, 4.69) is 6.07 Å². The van der Waals surface area contributed by atoms with Gasteiger partial charge in [0.05, 0.1) is 17.7 Å². The molecule has 2 aromatic carbocycles. The van der Waals surface area contributed by atoms with Crippen molar-refractivity contribution in [3.8, 4) is 6.07 Å². The lowest BCUT2D eigenvalue weighted by molar-refractivity contribution is 0.389. The summed E-state index contributed by atoms with van der Waals surface area (Å²) < 4.78 is 0. The van der Waals surface area contributed by atoms with Gasteiger partial charge in [-0.15, -0.1) is 0 Å². The predicted octanol–water partition coefficient (Wildman–Crippen LogP) is 3.80. The summed E-state index contributed by atoms with van der Waals surface area (Å²) in [7, 11) is 0. The number of nitrogens with zero attached hydrogens (tertiary/aromatic N) is 1. The van der Waals surface area contributed by atoms with Gasteiger partial charge < -0.3 is 0 Å². The second-order valence-electron chi connectivity index (χ2n) is 3.82. The molecule has 0 saturated carbocycles. The van der Waals surface area contributed by atoms with E-state index in [0.29, 0.717) is 10.7 Å². The molecular formula is C14H11ClN2O. The Labute approximate surface area is 110 Å². The number of benzene rings is 2. The summed E-state index contributed by atoms with van der Waals surface area (Å²) in [6.07, 6.45) is 0. The van der Waals surface area contributed by atoms with Gasteiger partial charge in [-0.25, -0.2) is 0 Å². The summed E-state index contributed by atoms with van der Waals surface area (Å²) in [4.78, 5) is 0. The fourth-order valence-electron chi connectivity index (χ4n) is 1.80. The van der Waals surface area contributed by atoms with Crippen molar-refractivity contribution in [1.29, 1.82) is 5.26 Å². The molecule has 3 nitrogen and oxygen atoms in total. The van der Waals surface area contributed by atoms with Crippen molar-refractivity contribution in [2.45, 2.75) is 5.92 Å². The molecule has 1 atom stereocenters. The average Bonchev–Trinajstić information content (AvgIpc) is 2.42. The molecule has 2 N–H and O–H groups in total. The van der Waals surface area contributed by atoms with E-state index in [9.17, 15) is 5.26 Å². The highest BCUT2D eigenvalue weighted by molar-refractivity contribution is 6.31. The molecule has 0 saturated heterocycles. The fourth-order valence-corrected chi connectivity index (χ4v) is 2.09. The van der Waals surface area contributed by atoms with Gasteiger partial charge in [0.2, 0.25) is 0 Å². The molecule has 0 aromatic heterocycles. The topological polar surface area (TPSA) is 56.0 Å². The van der Waals surface area contributed by atoms with Crippen molar-refractivity contribution in [2.24, 2.45) is 0 Å². The number of rotatable bonds is 3. The van der Waals surface area contributed by atoms with E-state index in [1.807, 2.05) is 35.8 Å². The summed E-state index contributed by atoms with van der Waals surface area (Å²) in [5.41, 5.74) is 4.14. The Kier molecular flexibility index (Phi) is 3.83. The van der Waals surface area contributed by atoms with Crippen LogP contribution in [0.15, 0.2) is 48.5 Å². The number of hydrogen-bond donors (Lipinski definition) is 2. The Morgan fingerprint density at radius 3 is 2.44 bits per heavy atom. The minimum Gasteiger partial charge on any atom is -0.291 e. The molecule has 0 heterocycles. The van der Waals surface area contributed by atoms with Crippen LogP contribution in [0.1, 0.15) is 17.0 Å². The van der Waals surface area contributed by atoms with Crippen molar-refractivity contribution in [2.75, 3.05) is 5.48 Å². The summed E-state index contributed by atoms with van der Waals surface area (Å²) >= 11 is 6.13. The fraction of sp³-hybridized carbons (Fsp3) is 0.0714. The highest BCUT2D eigenvalue weighted by Crippen LogP contribution is 2.31. The van der Waals surface area contributed by atoms with Gasteiger partial charge in [0.1, 0.15) is 0 Å². The molecule has 4 heteroatoms. The maximum Gasteiger partial charge on any atom is 0.0977 e.